The lowest BCUT2D eigenvalue weighted by atomic mass is 9.82. The van der Waals surface area contributed by atoms with Crippen LogP contribution in [0.2, 0.25) is 0 Å². The molecule has 77 heavy (non-hydrogen) atoms. The first-order valence-electron chi connectivity index (χ1n) is 27.3. The summed E-state index contributed by atoms with van der Waals surface area (Å²) in [5, 5.41) is 0. The van der Waals surface area contributed by atoms with Gasteiger partial charge in [-0.1, -0.05) is 196 Å². The quantitative estimate of drug-likeness (QED) is 0.114. The maximum Gasteiger partial charge on any atom is 0.0462 e. The molecule has 0 aromatic heterocycles. The molecule has 4 aliphatic carbocycles. The van der Waals surface area contributed by atoms with Gasteiger partial charge < -0.3 is 14.7 Å². The number of allylic oxidation sites excluding steroid dienone is 11. The highest BCUT2D eigenvalue weighted by Crippen LogP contribution is 2.55. The molecule has 0 spiro atoms. The highest BCUT2D eigenvalue weighted by Gasteiger charge is 2.43. The smallest absolute Gasteiger partial charge is 0.0462 e. The van der Waals surface area contributed by atoms with Crippen LogP contribution in [0.5, 0.6) is 0 Å². The summed E-state index contributed by atoms with van der Waals surface area (Å²) in [6.45, 7) is 4.76. The zero-order valence-electron chi connectivity index (χ0n) is 43.8. The van der Waals surface area contributed by atoms with Crippen LogP contribution in [0.3, 0.4) is 0 Å². The van der Waals surface area contributed by atoms with Crippen molar-refractivity contribution in [3.63, 3.8) is 0 Å². The average molecular weight is 992 g/mol. The summed E-state index contributed by atoms with van der Waals surface area (Å²) in [4.78, 5) is 7.15. The number of fused-ring (bicyclic) bond motifs is 3. The van der Waals surface area contributed by atoms with Crippen LogP contribution in [-0.2, 0) is 5.41 Å². The number of nitrogens with zero attached hydrogens (tertiary/aromatic N) is 3. The lowest BCUT2D eigenvalue weighted by Crippen LogP contribution is -2.17. The van der Waals surface area contributed by atoms with E-state index >= 15 is 0 Å². The van der Waals surface area contributed by atoms with Crippen LogP contribution in [0.25, 0.3) is 27.8 Å². The molecule has 0 saturated heterocycles. The van der Waals surface area contributed by atoms with Crippen molar-refractivity contribution < 1.29 is 0 Å². The second-order valence-corrected chi connectivity index (χ2v) is 21.2. The van der Waals surface area contributed by atoms with E-state index in [4.69, 9.17) is 0 Å². The Hall–Kier alpha value is -9.18. The van der Waals surface area contributed by atoms with Gasteiger partial charge in [0.1, 0.15) is 0 Å². The van der Waals surface area contributed by atoms with E-state index in [-0.39, 0.29) is 11.3 Å². The van der Waals surface area contributed by atoms with E-state index < -0.39 is 0 Å². The molecule has 0 fully saturated rings. The molecule has 9 aromatic carbocycles. The third-order valence-corrected chi connectivity index (χ3v) is 16.2. The maximum absolute atomic E-state index is 2.49. The minimum absolute atomic E-state index is 0.0511. The molecule has 3 nitrogen and oxygen atoms in total. The van der Waals surface area contributed by atoms with Gasteiger partial charge in [0, 0.05) is 68.5 Å². The van der Waals surface area contributed by atoms with Crippen LogP contribution in [0, 0.1) is 0 Å². The fourth-order valence-corrected chi connectivity index (χ4v) is 12.1. The molecule has 0 N–H and O–H groups in total. The Bertz CT molecular complexity index is 3710. The largest absolute Gasteiger partial charge is 0.314 e. The summed E-state index contributed by atoms with van der Waals surface area (Å²) in [5.41, 5.74) is 23.4. The van der Waals surface area contributed by atoms with Gasteiger partial charge in [0.25, 0.3) is 0 Å². The van der Waals surface area contributed by atoms with Crippen LogP contribution in [0.1, 0.15) is 67.2 Å². The van der Waals surface area contributed by atoms with Crippen LogP contribution in [0.15, 0.2) is 302 Å². The summed E-state index contributed by atoms with van der Waals surface area (Å²) in [6, 6.07) is 86.3. The Labute approximate surface area is 454 Å². The summed E-state index contributed by atoms with van der Waals surface area (Å²) in [5.74, 6) is 0.589. The summed E-state index contributed by atoms with van der Waals surface area (Å²) >= 11 is 0. The predicted molar refractivity (Wildman–Crippen MR) is 325 cm³/mol. The second-order valence-electron chi connectivity index (χ2n) is 21.2. The Morgan fingerprint density at radius 3 is 1.42 bits per heavy atom. The second kappa shape index (κ2) is 20.5. The minimum atomic E-state index is -0.0511. The van der Waals surface area contributed by atoms with E-state index in [9.17, 15) is 0 Å². The molecule has 2 atom stereocenters. The summed E-state index contributed by atoms with van der Waals surface area (Å²) in [7, 11) is 0. The Morgan fingerprint density at radius 1 is 0.442 bits per heavy atom. The molecule has 3 heteroatoms. The first-order chi connectivity index (χ1) is 37.9. The number of anilines is 7. The van der Waals surface area contributed by atoms with E-state index in [1.54, 1.807) is 0 Å². The molecule has 13 rings (SSSR count). The molecule has 0 bridgehead atoms. The maximum atomic E-state index is 2.49. The van der Waals surface area contributed by atoms with Crippen molar-refractivity contribution in [2.24, 2.45) is 0 Å². The molecule has 4 aliphatic rings. The highest BCUT2D eigenvalue weighted by atomic mass is 15.2. The molecule has 9 aromatic rings. The van der Waals surface area contributed by atoms with Gasteiger partial charge in [-0.05, 0) is 178 Å². The number of rotatable bonds is 13. The van der Waals surface area contributed by atoms with Crippen molar-refractivity contribution in [1.82, 2.24) is 0 Å². The van der Waals surface area contributed by atoms with Crippen LogP contribution in [0.4, 0.5) is 39.8 Å². The molecule has 0 saturated carbocycles. The average Bonchev–Trinajstić information content (AvgIpc) is 4.25. The molecule has 0 amide bonds. The number of para-hydroxylation sites is 3. The van der Waals surface area contributed by atoms with Gasteiger partial charge in [-0.3, -0.25) is 0 Å². The monoisotopic (exact) mass is 991 g/mol. The first-order valence-corrected chi connectivity index (χ1v) is 27.3. The van der Waals surface area contributed by atoms with Gasteiger partial charge in [0.05, 0.1) is 0 Å². The molecule has 2 unspecified atom stereocenters. The number of hydrogen-bond donors (Lipinski definition) is 0. The minimum Gasteiger partial charge on any atom is -0.314 e. The van der Waals surface area contributed by atoms with E-state index in [0.29, 0.717) is 5.92 Å². The Kier molecular flexibility index (Phi) is 12.7. The Balaban J connectivity index is 0.743. The third-order valence-electron chi connectivity index (χ3n) is 16.2. The fraction of sp³-hybridized carbons (Fsp3) is 0.108. The molecular weight excluding hydrogens is 931 g/mol. The number of hydrogen-bond acceptors (Lipinski definition) is 3. The van der Waals surface area contributed by atoms with Crippen molar-refractivity contribution in [2.45, 2.75) is 50.4 Å². The highest BCUT2D eigenvalue weighted by molar-refractivity contribution is 5.82. The van der Waals surface area contributed by atoms with Crippen LogP contribution >= 0.6 is 0 Å². The SMILES string of the molecule is CC1(C)C2=CC(N(c3ccc(C4=CCC(c5ccc(N(C6=CC=CCC6)c6ccccc6)cc5)C=C4)cc3)c3ccc(-c4ccc(-c5ccc(N(c6ccccc6)c6ccccc6)cc5)cc4)cc3)=CC2c2ccccc21. The zero-order chi connectivity index (χ0) is 51.7. The van der Waals surface area contributed by atoms with Gasteiger partial charge in [-0.15, -0.1) is 0 Å². The standard InChI is InChI=1S/C74H61N3/c1-74(2)72-26-16-15-25-70(72)71-51-69(52-73(71)74)77(67-47-39-59(40-48-67)55-31-27-53(28-32-55)57-35-43-65(44-36-57)75(61-17-7-3-8-18-61)62-19-9-4-10-20-62)68-49-41-60(42-50-68)56-33-29-54(30-34-56)58-37-45-66(46-38-58)76(63-21-11-5-12-22-63)64-23-13-6-14-24-64/h3-13,15-23,25-29,31-52,54,71H,14,24,30H2,1-2H3. The summed E-state index contributed by atoms with van der Waals surface area (Å²) < 4.78 is 0. The van der Waals surface area contributed by atoms with Crippen molar-refractivity contribution in [3.8, 4) is 22.3 Å². The zero-order valence-corrected chi connectivity index (χ0v) is 43.8. The van der Waals surface area contributed by atoms with E-state index in [1.807, 2.05) is 0 Å². The van der Waals surface area contributed by atoms with Crippen molar-refractivity contribution in [3.05, 3.63) is 324 Å². The normalized spacial score (nSPS) is 16.9. The predicted octanol–water partition coefficient (Wildman–Crippen LogP) is 20.0. The van der Waals surface area contributed by atoms with Gasteiger partial charge >= 0.3 is 0 Å². The Morgan fingerprint density at radius 2 is 0.896 bits per heavy atom. The van der Waals surface area contributed by atoms with Crippen molar-refractivity contribution in [1.29, 1.82) is 0 Å². The van der Waals surface area contributed by atoms with E-state index in [0.717, 1.165) is 47.7 Å². The number of benzene rings is 9. The molecular formula is C74H61N3. The van der Waals surface area contributed by atoms with Crippen LogP contribution in [-0.4, -0.2) is 0 Å². The van der Waals surface area contributed by atoms with Gasteiger partial charge in [0.15, 0.2) is 0 Å². The van der Waals surface area contributed by atoms with Gasteiger partial charge in [0.2, 0.25) is 0 Å². The van der Waals surface area contributed by atoms with E-state index in [2.05, 4.69) is 314 Å². The first kappa shape index (κ1) is 47.5. The lowest BCUT2D eigenvalue weighted by Gasteiger charge is -2.29. The molecule has 372 valence electrons. The van der Waals surface area contributed by atoms with E-state index in [1.165, 1.54) is 78.4 Å². The summed E-state index contributed by atoms with van der Waals surface area (Å²) in [6.07, 6.45) is 21.8. The topological polar surface area (TPSA) is 9.72 Å². The van der Waals surface area contributed by atoms with Gasteiger partial charge in [-0.2, -0.15) is 0 Å². The van der Waals surface area contributed by atoms with Gasteiger partial charge in [-0.25, -0.2) is 0 Å². The van der Waals surface area contributed by atoms with Crippen molar-refractivity contribution in [2.75, 3.05) is 14.7 Å². The fourth-order valence-electron chi connectivity index (χ4n) is 12.1. The molecule has 0 radical (unpaired) electrons. The van der Waals surface area contributed by atoms with Crippen molar-refractivity contribution >= 4 is 45.4 Å². The third kappa shape index (κ3) is 9.29. The van der Waals surface area contributed by atoms with Crippen LogP contribution < -0.4 is 14.7 Å². The molecule has 0 heterocycles. The molecule has 0 aliphatic heterocycles. The lowest BCUT2D eigenvalue weighted by molar-refractivity contribution is 0.638.